The SMILES string of the molecule is CN(CC1CCNCC1)C(=O)Nc1ccc(Cl)c(Cl)c1. The van der Waals surface area contributed by atoms with Gasteiger partial charge in [-0.05, 0) is 50.0 Å². The Morgan fingerprint density at radius 1 is 1.35 bits per heavy atom. The predicted octanol–water partition coefficient (Wildman–Crippen LogP) is 3.46. The molecule has 1 aromatic rings. The molecule has 0 unspecified atom stereocenters. The maximum Gasteiger partial charge on any atom is 0.321 e. The van der Waals surface area contributed by atoms with Crippen LogP contribution >= 0.6 is 23.2 Å². The summed E-state index contributed by atoms with van der Waals surface area (Å²) in [5, 5.41) is 7.06. The molecule has 1 fully saturated rings. The molecule has 4 nitrogen and oxygen atoms in total. The number of nitrogens with one attached hydrogen (secondary N) is 2. The minimum Gasteiger partial charge on any atom is -0.327 e. The highest BCUT2D eigenvalue weighted by Gasteiger charge is 2.18. The molecule has 2 N–H and O–H groups in total. The molecule has 0 aromatic heterocycles. The lowest BCUT2D eigenvalue weighted by Crippen LogP contribution is -2.39. The zero-order valence-electron chi connectivity index (χ0n) is 11.5. The van der Waals surface area contributed by atoms with Gasteiger partial charge in [-0.2, -0.15) is 0 Å². The van der Waals surface area contributed by atoms with E-state index in [1.807, 2.05) is 7.05 Å². The Kier molecular flexibility index (Phi) is 5.52. The summed E-state index contributed by atoms with van der Waals surface area (Å²) in [6.45, 7) is 2.84. The highest BCUT2D eigenvalue weighted by molar-refractivity contribution is 6.42. The number of amides is 2. The van der Waals surface area contributed by atoms with E-state index < -0.39 is 0 Å². The number of hydrogen-bond acceptors (Lipinski definition) is 2. The Morgan fingerprint density at radius 3 is 2.70 bits per heavy atom. The van der Waals surface area contributed by atoms with E-state index >= 15 is 0 Å². The zero-order valence-corrected chi connectivity index (χ0v) is 13.0. The van der Waals surface area contributed by atoms with Crippen molar-refractivity contribution >= 4 is 34.9 Å². The molecular formula is C14H19Cl2N3O. The molecule has 1 aliphatic rings. The molecule has 110 valence electrons. The van der Waals surface area contributed by atoms with Crippen molar-refractivity contribution in [2.45, 2.75) is 12.8 Å². The smallest absolute Gasteiger partial charge is 0.321 e. The molecule has 1 heterocycles. The van der Waals surface area contributed by atoms with Crippen LogP contribution < -0.4 is 10.6 Å². The van der Waals surface area contributed by atoms with Crippen molar-refractivity contribution in [2.75, 3.05) is 32.0 Å². The first-order valence-electron chi connectivity index (χ1n) is 6.74. The van der Waals surface area contributed by atoms with Gasteiger partial charge in [-0.15, -0.1) is 0 Å². The molecule has 0 spiro atoms. The Bertz CT molecular complexity index is 475. The van der Waals surface area contributed by atoms with Crippen molar-refractivity contribution in [2.24, 2.45) is 5.92 Å². The summed E-state index contributed by atoms with van der Waals surface area (Å²) in [5.74, 6) is 0.570. The van der Waals surface area contributed by atoms with E-state index in [9.17, 15) is 4.79 Å². The summed E-state index contributed by atoms with van der Waals surface area (Å²) < 4.78 is 0. The molecule has 0 bridgehead atoms. The first-order valence-corrected chi connectivity index (χ1v) is 7.49. The second-order valence-electron chi connectivity index (χ2n) is 5.13. The zero-order chi connectivity index (χ0) is 14.5. The van der Waals surface area contributed by atoms with Gasteiger partial charge in [0.2, 0.25) is 0 Å². The summed E-state index contributed by atoms with van der Waals surface area (Å²) in [5.41, 5.74) is 0.654. The molecule has 1 saturated heterocycles. The van der Waals surface area contributed by atoms with Gasteiger partial charge in [0.15, 0.2) is 0 Å². The second-order valence-corrected chi connectivity index (χ2v) is 5.95. The van der Waals surface area contributed by atoms with Crippen molar-refractivity contribution in [3.63, 3.8) is 0 Å². The van der Waals surface area contributed by atoms with Gasteiger partial charge in [0.1, 0.15) is 0 Å². The Hall–Kier alpha value is -0.970. The van der Waals surface area contributed by atoms with Crippen LogP contribution in [0.2, 0.25) is 10.0 Å². The lowest BCUT2D eigenvalue weighted by Gasteiger charge is -2.27. The van der Waals surface area contributed by atoms with Crippen LogP contribution in [0, 0.1) is 5.92 Å². The third-order valence-corrected chi connectivity index (χ3v) is 4.25. The molecule has 1 aromatic carbocycles. The second kappa shape index (κ2) is 7.16. The quantitative estimate of drug-likeness (QED) is 0.897. The van der Waals surface area contributed by atoms with Crippen molar-refractivity contribution < 1.29 is 4.79 Å². The number of carbonyl (C=O) groups excluding carboxylic acids is 1. The standard InChI is InChI=1S/C14H19Cl2N3O/c1-19(9-10-4-6-17-7-5-10)14(20)18-11-2-3-12(15)13(16)8-11/h2-3,8,10,17H,4-7,9H2,1H3,(H,18,20). The number of carbonyl (C=O) groups is 1. The highest BCUT2D eigenvalue weighted by atomic mass is 35.5. The maximum atomic E-state index is 12.1. The topological polar surface area (TPSA) is 44.4 Å². The number of halogens is 2. The maximum absolute atomic E-state index is 12.1. The van der Waals surface area contributed by atoms with Gasteiger partial charge in [0.05, 0.1) is 10.0 Å². The molecule has 0 saturated carbocycles. The minimum absolute atomic E-state index is 0.123. The molecule has 1 aliphatic heterocycles. The van der Waals surface area contributed by atoms with Crippen LogP contribution in [0.5, 0.6) is 0 Å². The number of benzene rings is 1. The average molecular weight is 316 g/mol. The van der Waals surface area contributed by atoms with Gasteiger partial charge in [0, 0.05) is 19.3 Å². The number of anilines is 1. The summed E-state index contributed by atoms with van der Waals surface area (Å²) in [6, 6.07) is 4.94. The summed E-state index contributed by atoms with van der Waals surface area (Å²) in [4.78, 5) is 13.8. The van der Waals surface area contributed by atoms with Crippen molar-refractivity contribution in [1.82, 2.24) is 10.2 Å². The summed E-state index contributed by atoms with van der Waals surface area (Å²) in [7, 11) is 1.81. The minimum atomic E-state index is -0.123. The fraction of sp³-hybridized carbons (Fsp3) is 0.500. The van der Waals surface area contributed by atoms with Crippen LogP contribution in [-0.4, -0.2) is 37.6 Å². The number of rotatable bonds is 3. The van der Waals surface area contributed by atoms with Crippen molar-refractivity contribution in [1.29, 1.82) is 0 Å². The van der Waals surface area contributed by atoms with Gasteiger partial charge in [0.25, 0.3) is 0 Å². The molecular weight excluding hydrogens is 297 g/mol. The van der Waals surface area contributed by atoms with Crippen LogP contribution in [0.4, 0.5) is 10.5 Å². The number of urea groups is 1. The average Bonchev–Trinajstić information content (AvgIpc) is 2.44. The fourth-order valence-corrected chi connectivity index (χ4v) is 2.63. The van der Waals surface area contributed by atoms with E-state index in [2.05, 4.69) is 10.6 Å². The van der Waals surface area contributed by atoms with Crippen LogP contribution in [0.1, 0.15) is 12.8 Å². The lowest BCUT2D eigenvalue weighted by atomic mass is 9.98. The normalized spacial score (nSPS) is 15.9. The van der Waals surface area contributed by atoms with E-state index in [-0.39, 0.29) is 6.03 Å². The van der Waals surface area contributed by atoms with E-state index in [1.54, 1.807) is 23.1 Å². The summed E-state index contributed by atoms with van der Waals surface area (Å²) >= 11 is 11.8. The van der Waals surface area contributed by atoms with E-state index in [4.69, 9.17) is 23.2 Å². The van der Waals surface area contributed by atoms with Gasteiger partial charge in [-0.25, -0.2) is 4.79 Å². The first-order chi connectivity index (χ1) is 9.56. The Balaban J connectivity index is 1.88. The molecule has 0 atom stereocenters. The lowest BCUT2D eigenvalue weighted by molar-refractivity contribution is 0.206. The van der Waals surface area contributed by atoms with Crippen molar-refractivity contribution in [3.05, 3.63) is 28.2 Å². The van der Waals surface area contributed by atoms with Gasteiger partial charge < -0.3 is 15.5 Å². The molecule has 20 heavy (non-hydrogen) atoms. The van der Waals surface area contributed by atoms with E-state index in [0.717, 1.165) is 32.5 Å². The molecule has 2 rings (SSSR count). The molecule has 6 heteroatoms. The van der Waals surface area contributed by atoms with E-state index in [1.165, 1.54) is 0 Å². The monoisotopic (exact) mass is 315 g/mol. The molecule has 0 radical (unpaired) electrons. The molecule has 2 amide bonds. The third-order valence-electron chi connectivity index (χ3n) is 3.51. The fourth-order valence-electron chi connectivity index (χ4n) is 2.33. The number of hydrogen-bond donors (Lipinski definition) is 2. The highest BCUT2D eigenvalue weighted by Crippen LogP contribution is 2.25. The number of piperidine rings is 1. The van der Waals surface area contributed by atoms with Crippen LogP contribution in [0.25, 0.3) is 0 Å². The van der Waals surface area contributed by atoms with Crippen LogP contribution in [0.3, 0.4) is 0 Å². The predicted molar refractivity (Wildman–Crippen MR) is 83.7 cm³/mol. The van der Waals surface area contributed by atoms with Crippen LogP contribution in [-0.2, 0) is 0 Å². The van der Waals surface area contributed by atoms with Crippen molar-refractivity contribution in [3.8, 4) is 0 Å². The van der Waals surface area contributed by atoms with E-state index in [0.29, 0.717) is 21.7 Å². The van der Waals surface area contributed by atoms with Gasteiger partial charge in [-0.3, -0.25) is 0 Å². The molecule has 0 aliphatic carbocycles. The Morgan fingerprint density at radius 2 is 2.05 bits per heavy atom. The van der Waals surface area contributed by atoms with Gasteiger partial charge >= 0.3 is 6.03 Å². The Labute approximate surface area is 129 Å². The van der Waals surface area contributed by atoms with Crippen LogP contribution in [0.15, 0.2) is 18.2 Å². The first kappa shape index (κ1) is 15.4. The largest absolute Gasteiger partial charge is 0.327 e. The number of nitrogens with zero attached hydrogens (tertiary/aromatic N) is 1. The third kappa shape index (κ3) is 4.27. The van der Waals surface area contributed by atoms with Gasteiger partial charge in [-0.1, -0.05) is 23.2 Å². The summed E-state index contributed by atoms with van der Waals surface area (Å²) in [6.07, 6.45) is 2.23.